The predicted molar refractivity (Wildman–Crippen MR) is 109 cm³/mol. The lowest BCUT2D eigenvalue weighted by atomic mass is 10.1. The van der Waals surface area contributed by atoms with E-state index in [1.165, 1.54) is 11.3 Å². The van der Waals surface area contributed by atoms with Gasteiger partial charge in [-0.3, -0.25) is 4.79 Å². The van der Waals surface area contributed by atoms with Gasteiger partial charge in [0.05, 0.1) is 4.90 Å². The van der Waals surface area contributed by atoms with E-state index in [1.807, 2.05) is 18.4 Å². The van der Waals surface area contributed by atoms with Gasteiger partial charge in [-0.2, -0.15) is 0 Å². The van der Waals surface area contributed by atoms with Crippen LogP contribution in [-0.2, 0) is 9.84 Å². The highest BCUT2D eigenvalue weighted by Crippen LogP contribution is 2.35. The Bertz CT molecular complexity index is 990. The van der Waals surface area contributed by atoms with Crippen molar-refractivity contribution in [2.75, 3.05) is 0 Å². The molecular weight excluding hydrogens is 432 g/mol. The highest BCUT2D eigenvalue weighted by Gasteiger charge is 2.32. The maximum atomic E-state index is 13.2. The van der Waals surface area contributed by atoms with Gasteiger partial charge < -0.3 is 0 Å². The van der Waals surface area contributed by atoms with Gasteiger partial charge in [0.15, 0.2) is 15.6 Å². The molecule has 0 spiro atoms. The normalized spacial score (nSPS) is 12.7. The van der Waals surface area contributed by atoms with E-state index >= 15 is 0 Å². The van der Waals surface area contributed by atoms with E-state index in [0.717, 1.165) is 10.0 Å². The van der Waals surface area contributed by atoms with Crippen LogP contribution in [0.25, 0.3) is 0 Å². The van der Waals surface area contributed by atoms with E-state index in [2.05, 4.69) is 15.9 Å². The first-order valence-electron chi connectivity index (χ1n) is 8.00. The highest BCUT2D eigenvalue weighted by molar-refractivity contribution is 9.10. The third-order valence-corrected chi connectivity index (χ3v) is 7.88. The molecule has 1 heterocycles. The minimum Gasteiger partial charge on any atom is -0.294 e. The number of ketones is 1. The Balaban J connectivity index is 1.97. The van der Waals surface area contributed by atoms with Crippen molar-refractivity contribution in [3.63, 3.8) is 0 Å². The van der Waals surface area contributed by atoms with Crippen molar-refractivity contribution in [2.24, 2.45) is 0 Å². The van der Waals surface area contributed by atoms with Crippen LogP contribution in [0.5, 0.6) is 0 Å². The number of sulfone groups is 1. The van der Waals surface area contributed by atoms with Crippen LogP contribution in [0.15, 0.2) is 75.4 Å². The third kappa shape index (κ3) is 4.14. The van der Waals surface area contributed by atoms with E-state index < -0.39 is 15.1 Å². The first-order chi connectivity index (χ1) is 12.4. The summed E-state index contributed by atoms with van der Waals surface area (Å²) in [6.07, 6.45) is -0.0850. The molecule has 0 aliphatic carbocycles. The van der Waals surface area contributed by atoms with Crippen molar-refractivity contribution in [3.05, 3.63) is 86.5 Å². The Kier molecular flexibility index (Phi) is 5.75. The Labute approximate surface area is 165 Å². The lowest BCUT2D eigenvalue weighted by molar-refractivity contribution is 0.0981. The van der Waals surface area contributed by atoms with Crippen LogP contribution in [0, 0.1) is 6.92 Å². The highest BCUT2D eigenvalue weighted by atomic mass is 79.9. The van der Waals surface area contributed by atoms with Gasteiger partial charge in [0.2, 0.25) is 0 Å². The van der Waals surface area contributed by atoms with Gasteiger partial charge in [-0.1, -0.05) is 51.8 Å². The first-order valence-corrected chi connectivity index (χ1v) is 11.2. The van der Waals surface area contributed by atoms with E-state index in [9.17, 15) is 13.2 Å². The summed E-state index contributed by atoms with van der Waals surface area (Å²) in [6, 6.07) is 17.3. The number of hydrogen-bond donors (Lipinski definition) is 0. The Morgan fingerprint density at radius 2 is 1.69 bits per heavy atom. The minimum absolute atomic E-state index is 0.0850. The van der Waals surface area contributed by atoms with Crippen LogP contribution in [-0.4, -0.2) is 14.2 Å². The van der Waals surface area contributed by atoms with Crippen molar-refractivity contribution in [1.82, 2.24) is 0 Å². The molecule has 26 heavy (non-hydrogen) atoms. The number of rotatable bonds is 6. The molecule has 0 saturated carbocycles. The Hall–Kier alpha value is -1.76. The fourth-order valence-electron chi connectivity index (χ4n) is 2.65. The number of Topliss-reactive ketones (excluding diaryl/α,β-unsaturated/α-hetero) is 1. The predicted octanol–water partition coefficient (Wildman–Crippen LogP) is 5.61. The van der Waals surface area contributed by atoms with Crippen LogP contribution in [0.1, 0.15) is 32.5 Å². The van der Waals surface area contributed by atoms with Gasteiger partial charge in [0.1, 0.15) is 5.25 Å². The number of halogens is 1. The number of benzene rings is 2. The molecule has 3 nitrogen and oxygen atoms in total. The second-order valence-corrected chi connectivity index (χ2v) is 10.0. The molecule has 1 aromatic heterocycles. The Morgan fingerprint density at radius 1 is 1.04 bits per heavy atom. The maximum absolute atomic E-state index is 13.2. The summed E-state index contributed by atoms with van der Waals surface area (Å²) in [7, 11) is -3.67. The topological polar surface area (TPSA) is 51.2 Å². The summed E-state index contributed by atoms with van der Waals surface area (Å²) >= 11 is 4.70. The second-order valence-electron chi connectivity index (χ2n) is 6.00. The van der Waals surface area contributed by atoms with E-state index in [-0.39, 0.29) is 17.1 Å². The fraction of sp³-hybridized carbons (Fsp3) is 0.150. The summed E-state index contributed by atoms with van der Waals surface area (Å²) in [4.78, 5) is 13.6. The fourth-order valence-corrected chi connectivity index (χ4v) is 5.77. The summed E-state index contributed by atoms with van der Waals surface area (Å²) in [5.74, 6) is -0.188. The molecule has 134 valence electrons. The molecule has 0 amide bonds. The molecule has 6 heteroatoms. The molecule has 0 saturated heterocycles. The van der Waals surface area contributed by atoms with Gasteiger partial charge in [0, 0.05) is 21.3 Å². The number of aryl methyl sites for hydroxylation is 1. The summed E-state index contributed by atoms with van der Waals surface area (Å²) in [5, 5.41) is 0.943. The number of hydrogen-bond acceptors (Lipinski definition) is 4. The minimum atomic E-state index is -3.67. The van der Waals surface area contributed by atoms with E-state index in [0.29, 0.717) is 10.4 Å². The lowest BCUT2D eigenvalue weighted by Gasteiger charge is -2.16. The smallest absolute Gasteiger partial charge is 0.186 e. The molecule has 3 aromatic rings. The van der Waals surface area contributed by atoms with Gasteiger partial charge in [-0.25, -0.2) is 8.42 Å². The second kappa shape index (κ2) is 7.86. The zero-order valence-corrected chi connectivity index (χ0v) is 17.3. The molecule has 1 atom stereocenters. The van der Waals surface area contributed by atoms with Crippen molar-refractivity contribution in [1.29, 1.82) is 0 Å². The molecule has 0 fully saturated rings. The number of carbonyl (C=O) groups is 1. The first kappa shape index (κ1) is 19.0. The zero-order valence-electron chi connectivity index (χ0n) is 14.1. The van der Waals surface area contributed by atoms with E-state index in [4.69, 9.17) is 0 Å². The summed E-state index contributed by atoms with van der Waals surface area (Å²) < 4.78 is 27.3. The standard InChI is InChI=1S/C20H17BrO3S2/c1-14-4-10-17(11-5-14)26(23,24)20(19-3-2-12-25-19)13-18(22)15-6-8-16(21)9-7-15/h2-12,20H,13H2,1H3/t20-/m0/s1. The molecule has 0 bridgehead atoms. The lowest BCUT2D eigenvalue weighted by Crippen LogP contribution is -2.17. The average molecular weight is 449 g/mol. The quantitative estimate of drug-likeness (QED) is 0.460. The summed E-state index contributed by atoms with van der Waals surface area (Å²) in [6.45, 7) is 1.91. The van der Waals surface area contributed by atoms with Crippen molar-refractivity contribution >= 4 is 42.9 Å². The maximum Gasteiger partial charge on any atom is 0.186 e. The number of carbonyl (C=O) groups excluding carboxylic acids is 1. The zero-order chi connectivity index (χ0) is 18.7. The molecule has 0 N–H and O–H groups in total. The Morgan fingerprint density at radius 3 is 2.27 bits per heavy atom. The van der Waals surface area contributed by atoms with Gasteiger partial charge in [0.25, 0.3) is 0 Å². The molecule has 0 aliphatic heterocycles. The van der Waals surface area contributed by atoms with Crippen molar-refractivity contribution in [2.45, 2.75) is 23.5 Å². The SMILES string of the molecule is Cc1ccc(S(=O)(=O)[C@@H](CC(=O)c2ccc(Br)cc2)c2cccs2)cc1. The van der Waals surface area contributed by atoms with Crippen LogP contribution >= 0.6 is 27.3 Å². The number of thiophene rings is 1. The van der Waals surface area contributed by atoms with Gasteiger partial charge in [-0.15, -0.1) is 11.3 Å². The monoisotopic (exact) mass is 448 g/mol. The molecule has 0 aliphatic rings. The molecule has 0 unspecified atom stereocenters. The molecule has 3 rings (SSSR count). The molecule has 2 aromatic carbocycles. The van der Waals surface area contributed by atoms with Crippen LogP contribution in [0.2, 0.25) is 0 Å². The average Bonchev–Trinajstić information content (AvgIpc) is 3.14. The molecule has 0 radical (unpaired) electrons. The van der Waals surface area contributed by atoms with Crippen LogP contribution < -0.4 is 0 Å². The van der Waals surface area contributed by atoms with Crippen molar-refractivity contribution in [3.8, 4) is 0 Å². The molecular formula is C20H17BrO3S2. The van der Waals surface area contributed by atoms with E-state index in [1.54, 1.807) is 54.6 Å². The van der Waals surface area contributed by atoms with Crippen LogP contribution in [0.3, 0.4) is 0 Å². The summed E-state index contributed by atoms with van der Waals surface area (Å²) in [5.41, 5.74) is 1.50. The largest absolute Gasteiger partial charge is 0.294 e. The third-order valence-electron chi connectivity index (χ3n) is 4.12. The van der Waals surface area contributed by atoms with Crippen LogP contribution in [0.4, 0.5) is 0 Å². The van der Waals surface area contributed by atoms with Crippen molar-refractivity contribution < 1.29 is 13.2 Å². The van der Waals surface area contributed by atoms with Gasteiger partial charge in [-0.05, 0) is 42.6 Å². The van der Waals surface area contributed by atoms with Gasteiger partial charge >= 0.3 is 0 Å².